The van der Waals surface area contributed by atoms with E-state index in [9.17, 15) is 13.2 Å². The molecule has 2 aromatic carbocycles. The molecular formula is C15H14N2O4S. The lowest BCUT2D eigenvalue weighted by Crippen LogP contribution is -2.26. The maximum absolute atomic E-state index is 12.8. The highest BCUT2D eigenvalue weighted by Gasteiger charge is 2.32. The Labute approximate surface area is 127 Å². The van der Waals surface area contributed by atoms with E-state index in [2.05, 4.69) is 0 Å². The number of sulfonamides is 1. The van der Waals surface area contributed by atoms with Gasteiger partial charge in [0.15, 0.2) is 0 Å². The van der Waals surface area contributed by atoms with Crippen molar-refractivity contribution in [1.29, 1.82) is 0 Å². The zero-order valence-corrected chi connectivity index (χ0v) is 12.4. The van der Waals surface area contributed by atoms with Gasteiger partial charge in [0, 0.05) is 13.1 Å². The smallest absolute Gasteiger partial charge is 0.335 e. The second kappa shape index (κ2) is 5.11. The average molecular weight is 318 g/mol. The number of fused-ring (bicyclic) bond motifs is 1. The summed E-state index contributed by atoms with van der Waals surface area (Å²) in [6.07, 6.45) is 0. The van der Waals surface area contributed by atoms with E-state index in [0.717, 1.165) is 17.2 Å². The topological polar surface area (TPSA) is 101 Å². The number of carboxylic acid groups (broad SMARTS) is 1. The van der Waals surface area contributed by atoms with Gasteiger partial charge in [-0.25, -0.2) is 13.2 Å². The normalized spacial score (nSPS) is 14.7. The van der Waals surface area contributed by atoms with Crippen LogP contribution in [0.5, 0.6) is 0 Å². The zero-order valence-electron chi connectivity index (χ0n) is 11.6. The van der Waals surface area contributed by atoms with Crippen molar-refractivity contribution in [1.82, 2.24) is 4.31 Å². The fourth-order valence-electron chi connectivity index (χ4n) is 2.50. The predicted molar refractivity (Wildman–Crippen MR) is 80.7 cm³/mol. The number of hydrogen-bond donors (Lipinski definition) is 2. The van der Waals surface area contributed by atoms with Gasteiger partial charge in [0.1, 0.15) is 4.90 Å². The van der Waals surface area contributed by atoms with Gasteiger partial charge in [0.05, 0.1) is 11.3 Å². The standard InChI is InChI=1S/C15H14N2O4S/c16-13-6-5-10(15(18)19)7-14(13)22(20,21)17-8-11-3-1-2-4-12(11)9-17/h1-7H,8-9,16H2,(H,18,19). The Morgan fingerprint density at radius 2 is 1.68 bits per heavy atom. The van der Waals surface area contributed by atoms with Crippen molar-refractivity contribution in [3.05, 3.63) is 59.2 Å². The lowest BCUT2D eigenvalue weighted by molar-refractivity contribution is 0.0696. The first-order chi connectivity index (χ1) is 10.4. The molecule has 1 aliphatic heterocycles. The minimum absolute atomic E-state index is 0.0426. The van der Waals surface area contributed by atoms with E-state index >= 15 is 0 Å². The molecule has 0 atom stereocenters. The van der Waals surface area contributed by atoms with E-state index in [1.165, 1.54) is 16.4 Å². The van der Waals surface area contributed by atoms with Crippen LogP contribution in [0.15, 0.2) is 47.4 Å². The van der Waals surface area contributed by atoms with Crippen molar-refractivity contribution in [3.8, 4) is 0 Å². The third-order valence-corrected chi connectivity index (χ3v) is 5.54. The Morgan fingerprint density at radius 1 is 1.09 bits per heavy atom. The molecule has 0 saturated heterocycles. The number of nitrogens with zero attached hydrogens (tertiary/aromatic N) is 1. The lowest BCUT2D eigenvalue weighted by atomic mass is 10.1. The van der Waals surface area contributed by atoms with E-state index in [1.807, 2.05) is 24.3 Å². The summed E-state index contributed by atoms with van der Waals surface area (Å²) in [6.45, 7) is 0.518. The van der Waals surface area contributed by atoms with Crippen molar-refractivity contribution in [3.63, 3.8) is 0 Å². The number of aromatic carboxylic acids is 1. The van der Waals surface area contributed by atoms with Crippen LogP contribution >= 0.6 is 0 Å². The van der Waals surface area contributed by atoms with Crippen LogP contribution in [0, 0.1) is 0 Å². The molecule has 3 rings (SSSR count). The molecule has 0 bridgehead atoms. The average Bonchev–Trinajstić information content (AvgIpc) is 2.92. The summed E-state index contributed by atoms with van der Waals surface area (Å²) < 4.78 is 26.8. The van der Waals surface area contributed by atoms with Crippen LogP contribution in [0.3, 0.4) is 0 Å². The van der Waals surface area contributed by atoms with Gasteiger partial charge in [0.25, 0.3) is 0 Å². The SMILES string of the molecule is Nc1ccc(C(=O)O)cc1S(=O)(=O)N1Cc2ccccc2C1. The third kappa shape index (κ3) is 2.34. The number of carbonyl (C=O) groups is 1. The highest BCUT2D eigenvalue weighted by molar-refractivity contribution is 7.89. The minimum atomic E-state index is -3.85. The number of anilines is 1. The molecule has 0 unspecified atom stereocenters. The van der Waals surface area contributed by atoms with Gasteiger partial charge in [-0.1, -0.05) is 24.3 Å². The second-order valence-corrected chi connectivity index (χ2v) is 7.01. The summed E-state index contributed by atoms with van der Waals surface area (Å²) in [4.78, 5) is 10.9. The highest BCUT2D eigenvalue weighted by atomic mass is 32.2. The number of hydrogen-bond acceptors (Lipinski definition) is 4. The molecule has 22 heavy (non-hydrogen) atoms. The van der Waals surface area contributed by atoms with E-state index in [1.54, 1.807) is 0 Å². The van der Waals surface area contributed by atoms with Crippen molar-refractivity contribution >= 4 is 21.7 Å². The first kappa shape index (κ1) is 14.6. The molecule has 1 heterocycles. The first-order valence-corrected chi connectivity index (χ1v) is 8.03. The van der Waals surface area contributed by atoms with Crippen LogP contribution in [0.25, 0.3) is 0 Å². The monoisotopic (exact) mass is 318 g/mol. The summed E-state index contributed by atoms with van der Waals surface area (Å²) >= 11 is 0. The van der Waals surface area contributed by atoms with E-state index < -0.39 is 16.0 Å². The summed E-state index contributed by atoms with van der Waals surface area (Å²) in [5, 5.41) is 9.02. The first-order valence-electron chi connectivity index (χ1n) is 6.59. The number of benzene rings is 2. The molecule has 3 N–H and O–H groups in total. The van der Waals surface area contributed by atoms with Crippen LogP contribution in [0.4, 0.5) is 5.69 Å². The minimum Gasteiger partial charge on any atom is -0.478 e. The fourth-order valence-corrected chi connectivity index (χ4v) is 4.04. The molecule has 0 aromatic heterocycles. The van der Waals surface area contributed by atoms with Gasteiger partial charge in [0.2, 0.25) is 10.0 Å². The summed E-state index contributed by atoms with van der Waals surface area (Å²) in [7, 11) is -3.85. The Hall–Kier alpha value is -2.38. The molecule has 0 saturated carbocycles. The van der Waals surface area contributed by atoms with E-state index in [-0.39, 0.29) is 29.2 Å². The predicted octanol–water partition coefficient (Wildman–Crippen LogP) is 1.67. The zero-order chi connectivity index (χ0) is 15.9. The molecular weight excluding hydrogens is 304 g/mol. The van der Waals surface area contributed by atoms with Crippen LogP contribution in [0.1, 0.15) is 21.5 Å². The lowest BCUT2D eigenvalue weighted by Gasteiger charge is -2.17. The van der Waals surface area contributed by atoms with Gasteiger partial charge in [-0.3, -0.25) is 0 Å². The van der Waals surface area contributed by atoms with Gasteiger partial charge in [-0.05, 0) is 29.3 Å². The molecule has 2 aromatic rings. The summed E-state index contributed by atoms with van der Waals surface area (Å²) in [6, 6.07) is 11.2. The molecule has 0 aliphatic carbocycles. The van der Waals surface area contributed by atoms with Crippen LogP contribution in [-0.4, -0.2) is 23.8 Å². The number of carboxylic acids is 1. The fraction of sp³-hybridized carbons (Fsp3) is 0.133. The highest BCUT2D eigenvalue weighted by Crippen LogP contribution is 2.31. The molecule has 0 spiro atoms. The van der Waals surface area contributed by atoms with Crippen molar-refractivity contribution < 1.29 is 18.3 Å². The molecule has 6 nitrogen and oxygen atoms in total. The Bertz CT molecular complexity index is 837. The van der Waals surface area contributed by atoms with Crippen LogP contribution < -0.4 is 5.73 Å². The summed E-state index contributed by atoms with van der Waals surface area (Å²) in [5.74, 6) is -1.19. The van der Waals surface area contributed by atoms with Crippen molar-refractivity contribution in [2.75, 3.05) is 5.73 Å². The quantitative estimate of drug-likeness (QED) is 0.838. The number of rotatable bonds is 3. The third-order valence-electron chi connectivity index (χ3n) is 3.69. The number of nitrogens with two attached hydrogens (primary N) is 1. The van der Waals surface area contributed by atoms with Crippen LogP contribution in [-0.2, 0) is 23.1 Å². The van der Waals surface area contributed by atoms with E-state index in [4.69, 9.17) is 10.8 Å². The Balaban J connectivity index is 2.02. The van der Waals surface area contributed by atoms with Gasteiger partial charge < -0.3 is 10.8 Å². The van der Waals surface area contributed by atoms with Crippen molar-refractivity contribution in [2.45, 2.75) is 18.0 Å². The molecule has 0 fully saturated rings. The van der Waals surface area contributed by atoms with E-state index in [0.29, 0.717) is 0 Å². The molecule has 0 radical (unpaired) electrons. The largest absolute Gasteiger partial charge is 0.478 e. The molecule has 7 heteroatoms. The van der Waals surface area contributed by atoms with Gasteiger partial charge >= 0.3 is 5.97 Å². The second-order valence-electron chi connectivity index (χ2n) is 5.10. The van der Waals surface area contributed by atoms with Crippen LogP contribution in [0.2, 0.25) is 0 Å². The summed E-state index contributed by atoms with van der Waals surface area (Å²) in [5.41, 5.74) is 7.57. The Morgan fingerprint density at radius 3 is 2.23 bits per heavy atom. The maximum Gasteiger partial charge on any atom is 0.335 e. The van der Waals surface area contributed by atoms with Gasteiger partial charge in [-0.2, -0.15) is 4.31 Å². The Kier molecular flexibility index (Phi) is 3.38. The van der Waals surface area contributed by atoms with Crippen molar-refractivity contribution in [2.24, 2.45) is 0 Å². The molecule has 114 valence electrons. The maximum atomic E-state index is 12.8. The molecule has 1 aliphatic rings. The number of nitrogen functional groups attached to an aromatic ring is 1. The molecule has 0 amide bonds. The van der Waals surface area contributed by atoms with Gasteiger partial charge in [-0.15, -0.1) is 0 Å².